The third-order valence-corrected chi connectivity index (χ3v) is 2.86. The van der Waals surface area contributed by atoms with E-state index in [1.807, 2.05) is 12.1 Å². The van der Waals surface area contributed by atoms with Crippen LogP contribution >= 0.6 is 0 Å². The number of nitrogens with one attached hydrogen (secondary N) is 3. The van der Waals surface area contributed by atoms with Crippen LogP contribution in [0.15, 0.2) is 58.7 Å². The molecule has 0 aliphatic heterocycles. The van der Waals surface area contributed by atoms with Gasteiger partial charge in [0.2, 0.25) is 5.96 Å². The number of hydrazone groups is 2. The summed E-state index contributed by atoms with van der Waals surface area (Å²) in [4.78, 5) is 8.36. The molecule has 0 bridgehead atoms. The maximum absolute atomic E-state index is 8.71. The third-order valence-electron chi connectivity index (χ3n) is 2.86. The number of rotatable bonds is 4. The van der Waals surface area contributed by atoms with Crippen molar-refractivity contribution in [2.75, 3.05) is 0 Å². The predicted octanol–water partition coefficient (Wildman–Crippen LogP) is 1.56. The van der Waals surface area contributed by atoms with Crippen molar-refractivity contribution < 1.29 is 10.3 Å². The Morgan fingerprint density at radius 3 is 1.57 bits per heavy atom. The molecule has 28 heavy (non-hydrogen) atoms. The summed E-state index contributed by atoms with van der Waals surface area (Å²) in [7, 11) is 0. The first kappa shape index (κ1) is 21.3. The van der Waals surface area contributed by atoms with Gasteiger partial charge in [-0.05, 0) is 35.4 Å². The highest BCUT2D eigenvalue weighted by atomic mass is 16.9. The standard InChI is InChI=1S/C17H13N7.HNO3/c18-9-13-1-5-15(6-2-13)11-21-23-17(20)24-22-12-16-7-3-14(10-19)4-8-16;2-1(3)4/h1-8,11-12H,(H3,20,23,24);(H,2,3,4)/b21-11+,22-12+;. The van der Waals surface area contributed by atoms with Gasteiger partial charge in [0.05, 0.1) is 35.7 Å². The van der Waals surface area contributed by atoms with Gasteiger partial charge in [-0.2, -0.15) is 20.7 Å². The summed E-state index contributed by atoms with van der Waals surface area (Å²) in [5.74, 6) is -0.0928. The molecule has 0 unspecified atom stereocenters. The highest BCUT2D eigenvalue weighted by Crippen LogP contribution is 2.01. The van der Waals surface area contributed by atoms with Crippen LogP contribution in [-0.4, -0.2) is 28.7 Å². The van der Waals surface area contributed by atoms with Crippen molar-refractivity contribution in [1.82, 2.24) is 10.9 Å². The number of benzene rings is 2. The number of hydrogen-bond acceptors (Lipinski definition) is 7. The first-order valence-corrected chi connectivity index (χ1v) is 7.45. The van der Waals surface area contributed by atoms with Crippen molar-refractivity contribution in [3.05, 3.63) is 80.9 Å². The molecule has 2 aromatic rings. The topological polar surface area (TPSA) is 184 Å². The van der Waals surface area contributed by atoms with Gasteiger partial charge in [0.1, 0.15) is 0 Å². The van der Waals surface area contributed by atoms with Gasteiger partial charge in [-0.3, -0.25) is 5.41 Å². The normalized spacial score (nSPS) is 9.64. The van der Waals surface area contributed by atoms with E-state index in [1.54, 1.807) is 48.5 Å². The number of hydrogen-bond donors (Lipinski definition) is 4. The zero-order valence-corrected chi connectivity index (χ0v) is 14.3. The molecule has 0 heterocycles. The summed E-state index contributed by atoms with van der Waals surface area (Å²) < 4.78 is 0. The van der Waals surface area contributed by atoms with Crippen molar-refractivity contribution in [3.63, 3.8) is 0 Å². The zero-order chi connectivity index (χ0) is 20.8. The lowest BCUT2D eigenvalue weighted by atomic mass is 10.2. The van der Waals surface area contributed by atoms with Crippen LogP contribution in [0, 0.1) is 38.2 Å². The van der Waals surface area contributed by atoms with Crippen LogP contribution in [-0.2, 0) is 0 Å². The molecule has 0 atom stereocenters. The maximum atomic E-state index is 8.71. The van der Waals surface area contributed by atoms with Gasteiger partial charge in [0.15, 0.2) is 0 Å². The minimum absolute atomic E-state index is 0.0928. The monoisotopic (exact) mass is 378 g/mol. The average Bonchev–Trinajstić information content (AvgIpc) is 2.68. The lowest BCUT2D eigenvalue weighted by Gasteiger charge is -2.01. The van der Waals surface area contributed by atoms with Crippen LogP contribution in [0.3, 0.4) is 0 Å². The van der Waals surface area contributed by atoms with Gasteiger partial charge < -0.3 is 5.21 Å². The molecule has 0 saturated carbocycles. The summed E-state index contributed by atoms with van der Waals surface area (Å²) in [6.07, 6.45) is 3.06. The fourth-order valence-electron chi connectivity index (χ4n) is 1.66. The van der Waals surface area contributed by atoms with E-state index in [2.05, 4.69) is 21.1 Å². The molecule has 0 radical (unpaired) electrons. The predicted molar refractivity (Wildman–Crippen MR) is 100 cm³/mol. The minimum Gasteiger partial charge on any atom is -0.328 e. The Balaban J connectivity index is 0.000000892. The molecule has 0 amide bonds. The molecule has 0 aliphatic carbocycles. The molecule has 0 fully saturated rings. The molecule has 11 heteroatoms. The fraction of sp³-hybridized carbons (Fsp3) is 0. The summed E-state index contributed by atoms with van der Waals surface area (Å²) >= 11 is 0. The van der Waals surface area contributed by atoms with E-state index in [0.717, 1.165) is 11.1 Å². The molecule has 0 aromatic heterocycles. The van der Waals surface area contributed by atoms with Gasteiger partial charge in [-0.25, -0.2) is 10.9 Å². The van der Waals surface area contributed by atoms with Gasteiger partial charge in [0, 0.05) is 0 Å². The fourth-order valence-corrected chi connectivity index (χ4v) is 1.66. The molecule has 2 rings (SSSR count). The first-order valence-electron chi connectivity index (χ1n) is 7.45. The van der Waals surface area contributed by atoms with E-state index in [4.69, 9.17) is 31.3 Å². The Hall–Kier alpha value is -4.77. The Bertz CT molecular complexity index is 863. The van der Waals surface area contributed by atoms with Crippen LogP contribution in [0.2, 0.25) is 0 Å². The molecule has 0 spiro atoms. The molecule has 11 nitrogen and oxygen atoms in total. The van der Waals surface area contributed by atoms with Crippen molar-refractivity contribution in [2.24, 2.45) is 10.2 Å². The van der Waals surface area contributed by atoms with E-state index in [9.17, 15) is 0 Å². The van der Waals surface area contributed by atoms with Gasteiger partial charge in [0.25, 0.3) is 5.09 Å². The molecule has 0 saturated heterocycles. The lowest BCUT2D eigenvalue weighted by Crippen LogP contribution is -2.29. The SMILES string of the molecule is N#Cc1ccc(/C=N/NC(=N)N/N=C/c2ccc(C#N)cc2)cc1.O=[N+]([O-])O. The Morgan fingerprint density at radius 1 is 0.964 bits per heavy atom. The zero-order valence-electron chi connectivity index (χ0n) is 14.3. The largest absolute Gasteiger partial charge is 0.328 e. The lowest BCUT2D eigenvalue weighted by molar-refractivity contribution is -0.742. The summed E-state index contributed by atoms with van der Waals surface area (Å²) in [5, 5.41) is 46.4. The summed E-state index contributed by atoms with van der Waals surface area (Å²) in [6, 6.07) is 17.8. The van der Waals surface area contributed by atoms with Crippen LogP contribution in [0.1, 0.15) is 22.3 Å². The Kier molecular flexibility index (Phi) is 8.91. The minimum atomic E-state index is -1.50. The van der Waals surface area contributed by atoms with E-state index in [1.165, 1.54) is 12.4 Å². The van der Waals surface area contributed by atoms with Crippen LogP contribution < -0.4 is 10.9 Å². The second-order valence-corrected chi connectivity index (χ2v) is 4.82. The molecule has 140 valence electrons. The van der Waals surface area contributed by atoms with Crippen LogP contribution in [0.25, 0.3) is 0 Å². The van der Waals surface area contributed by atoms with E-state index in [-0.39, 0.29) is 5.96 Å². The first-order chi connectivity index (χ1) is 13.4. The quantitative estimate of drug-likeness (QED) is 0.269. The highest BCUT2D eigenvalue weighted by Gasteiger charge is 1.93. The number of nitrogens with zero attached hydrogens (tertiary/aromatic N) is 5. The average molecular weight is 378 g/mol. The van der Waals surface area contributed by atoms with Crippen molar-refractivity contribution in [2.45, 2.75) is 0 Å². The second-order valence-electron chi connectivity index (χ2n) is 4.82. The van der Waals surface area contributed by atoms with E-state index >= 15 is 0 Å². The van der Waals surface area contributed by atoms with Gasteiger partial charge in [-0.1, -0.05) is 24.3 Å². The van der Waals surface area contributed by atoms with Crippen LogP contribution in [0.4, 0.5) is 0 Å². The van der Waals surface area contributed by atoms with Crippen molar-refractivity contribution >= 4 is 18.4 Å². The smallest absolute Gasteiger partial charge is 0.291 e. The van der Waals surface area contributed by atoms with Gasteiger partial charge >= 0.3 is 0 Å². The molecular formula is C17H14N8O3. The van der Waals surface area contributed by atoms with E-state index < -0.39 is 5.09 Å². The van der Waals surface area contributed by atoms with Crippen molar-refractivity contribution in [3.8, 4) is 12.1 Å². The number of nitriles is 2. The molecule has 2 aromatic carbocycles. The summed E-state index contributed by atoms with van der Waals surface area (Å²) in [6.45, 7) is 0. The summed E-state index contributed by atoms with van der Waals surface area (Å²) in [5.41, 5.74) is 7.72. The highest BCUT2D eigenvalue weighted by molar-refractivity contribution is 5.84. The maximum Gasteiger partial charge on any atom is 0.291 e. The second kappa shape index (κ2) is 11.7. The number of guanidine groups is 1. The Morgan fingerprint density at radius 2 is 1.29 bits per heavy atom. The van der Waals surface area contributed by atoms with Crippen LogP contribution in [0.5, 0.6) is 0 Å². The Labute approximate surface area is 159 Å². The molecule has 4 N–H and O–H groups in total. The van der Waals surface area contributed by atoms with E-state index in [0.29, 0.717) is 11.1 Å². The van der Waals surface area contributed by atoms with Crippen molar-refractivity contribution in [1.29, 1.82) is 15.9 Å². The third kappa shape index (κ3) is 8.91. The van der Waals surface area contributed by atoms with Gasteiger partial charge in [-0.15, -0.1) is 10.1 Å². The molecular weight excluding hydrogens is 364 g/mol. The molecule has 0 aliphatic rings.